The molecule has 2 aromatic rings. The van der Waals surface area contributed by atoms with Gasteiger partial charge < -0.3 is 25.1 Å². The number of amides is 2. The fraction of sp³-hybridized carbons (Fsp3) is 0.389. The molecule has 0 spiro atoms. The van der Waals surface area contributed by atoms with E-state index in [1.165, 1.54) is 23.1 Å². The molecule has 2 aromatic heterocycles. The van der Waals surface area contributed by atoms with Crippen molar-refractivity contribution in [3.8, 4) is 0 Å². The first kappa shape index (κ1) is 30.3. The first-order valence-corrected chi connectivity index (χ1v) is 12.4. The van der Waals surface area contributed by atoms with Crippen LogP contribution in [0.3, 0.4) is 0 Å². The van der Waals surface area contributed by atoms with Gasteiger partial charge in [-0.05, 0) is 34.4 Å². The monoisotopic (exact) mass is 554 g/mol. The van der Waals surface area contributed by atoms with Gasteiger partial charge in [0, 0.05) is 15.9 Å². The molecule has 2 amide bonds. The topological polar surface area (TPSA) is 173 Å². The minimum Gasteiger partial charge on any atom is -0.548 e. The Morgan fingerprint density at radius 1 is 1.26 bits per heavy atom. The standard InChI is InChI=1S/C18H18N6O6S3.2Na/c1-8-10(7-32-18-20-21-22-23(18)6-12(26)27)14(17(29)30)24-15(28)13(16(24)33-8)19-11(25)5-9-3-2-4-31-9;;/h2-4,8,13,16H,5-7H2,1H3,(H,19,25)(H,26,27)(H,29,30);;/q;2*+1/p-2/t8-,13?,16+;;/m0../s1. The van der Waals surface area contributed by atoms with Crippen molar-refractivity contribution in [1.29, 1.82) is 0 Å². The van der Waals surface area contributed by atoms with Gasteiger partial charge in [-0.25, -0.2) is 4.68 Å². The Morgan fingerprint density at radius 2 is 2.00 bits per heavy atom. The smallest absolute Gasteiger partial charge is 0.548 e. The summed E-state index contributed by atoms with van der Waals surface area (Å²) in [4.78, 5) is 49.9. The first-order valence-electron chi connectivity index (χ1n) is 9.59. The van der Waals surface area contributed by atoms with Gasteiger partial charge in [-0.15, -0.1) is 28.2 Å². The van der Waals surface area contributed by atoms with E-state index in [1.807, 2.05) is 17.5 Å². The summed E-state index contributed by atoms with van der Waals surface area (Å²) in [5.74, 6) is -3.63. The van der Waals surface area contributed by atoms with Gasteiger partial charge in [-0.2, -0.15) is 0 Å². The Bertz CT molecular complexity index is 1140. The molecular formula is C18H16N6Na2O6S3. The molecule has 0 aromatic carbocycles. The average Bonchev–Trinajstić information content (AvgIpc) is 3.42. The molecule has 1 N–H and O–H groups in total. The van der Waals surface area contributed by atoms with Crippen LogP contribution in [-0.2, 0) is 32.1 Å². The first-order chi connectivity index (χ1) is 15.8. The molecule has 0 aliphatic carbocycles. The van der Waals surface area contributed by atoms with Crippen LogP contribution in [0.25, 0.3) is 0 Å². The second-order valence-electron chi connectivity index (χ2n) is 7.12. The largest absolute Gasteiger partial charge is 1.00 e. The third kappa shape index (κ3) is 6.70. The summed E-state index contributed by atoms with van der Waals surface area (Å²) in [7, 11) is 0. The molecule has 17 heteroatoms. The molecule has 12 nitrogen and oxygen atoms in total. The number of aliphatic carboxylic acids is 2. The van der Waals surface area contributed by atoms with Crippen LogP contribution in [0.1, 0.15) is 11.8 Å². The number of thioether (sulfide) groups is 2. The van der Waals surface area contributed by atoms with Gasteiger partial charge in [0.25, 0.3) is 5.91 Å². The van der Waals surface area contributed by atoms with E-state index in [0.29, 0.717) is 5.57 Å². The molecular weight excluding hydrogens is 538 g/mol. The van der Waals surface area contributed by atoms with Crippen LogP contribution in [0.15, 0.2) is 33.9 Å². The van der Waals surface area contributed by atoms with Crippen LogP contribution in [0.5, 0.6) is 0 Å². The number of aromatic nitrogens is 4. The number of carbonyl (C=O) groups is 4. The minimum absolute atomic E-state index is 0. The van der Waals surface area contributed by atoms with Crippen LogP contribution in [-0.4, -0.2) is 71.3 Å². The summed E-state index contributed by atoms with van der Waals surface area (Å²) in [6, 6.07) is 2.82. The number of nitrogens with one attached hydrogen (secondary N) is 1. The van der Waals surface area contributed by atoms with Gasteiger partial charge in [0.05, 0.1) is 30.6 Å². The fourth-order valence-corrected chi connectivity index (χ4v) is 6.76. The Hall–Kier alpha value is -0.910. The number of thiophene rings is 1. The van der Waals surface area contributed by atoms with E-state index in [4.69, 9.17) is 0 Å². The number of β-lactam (4-membered cyclic amide) rings is 1. The van der Waals surface area contributed by atoms with E-state index in [9.17, 15) is 29.4 Å². The Labute approximate surface area is 256 Å². The summed E-state index contributed by atoms with van der Waals surface area (Å²) in [6.07, 6.45) is 0.139. The van der Waals surface area contributed by atoms with Crippen molar-refractivity contribution < 1.29 is 88.5 Å². The van der Waals surface area contributed by atoms with E-state index in [2.05, 4.69) is 20.8 Å². The molecule has 0 bridgehead atoms. The summed E-state index contributed by atoms with van der Waals surface area (Å²) in [6.45, 7) is 1.24. The number of nitrogens with zero attached hydrogens (tertiary/aromatic N) is 5. The SMILES string of the molecule is C[C@@H]1S[C@@H]2C(NC(=O)Cc3cccs3)C(=O)N2C(C(=O)[O-])=C1CSc1nnnn1CC(=O)[O-].[Na+].[Na+]. The normalized spacial score (nSPS) is 20.8. The molecule has 1 saturated heterocycles. The van der Waals surface area contributed by atoms with E-state index < -0.39 is 35.8 Å². The number of carbonyl (C=O) groups excluding carboxylic acids is 4. The molecule has 4 heterocycles. The summed E-state index contributed by atoms with van der Waals surface area (Å²) >= 11 is 3.82. The summed E-state index contributed by atoms with van der Waals surface area (Å²) in [5, 5.41) is 37.4. The third-order valence-corrected chi connectivity index (χ3v) is 8.32. The Morgan fingerprint density at radius 3 is 2.63 bits per heavy atom. The van der Waals surface area contributed by atoms with Crippen LogP contribution in [0, 0.1) is 0 Å². The molecule has 174 valence electrons. The molecule has 0 radical (unpaired) electrons. The molecule has 3 atom stereocenters. The quantitative estimate of drug-likeness (QED) is 0.177. The number of carboxylic acids is 2. The van der Waals surface area contributed by atoms with Gasteiger partial charge in [-0.3, -0.25) is 14.5 Å². The van der Waals surface area contributed by atoms with Gasteiger partial charge in [0.1, 0.15) is 11.4 Å². The van der Waals surface area contributed by atoms with Crippen LogP contribution >= 0.6 is 34.9 Å². The van der Waals surface area contributed by atoms with Crippen molar-refractivity contribution in [2.24, 2.45) is 0 Å². The minimum atomic E-state index is -1.51. The van der Waals surface area contributed by atoms with Crippen LogP contribution < -0.4 is 74.6 Å². The van der Waals surface area contributed by atoms with E-state index in [0.717, 1.165) is 26.2 Å². The van der Waals surface area contributed by atoms with Crippen molar-refractivity contribution in [1.82, 2.24) is 30.4 Å². The Balaban J connectivity index is 0.00000216. The van der Waals surface area contributed by atoms with Gasteiger partial charge >= 0.3 is 59.1 Å². The predicted octanol–water partition coefficient (Wildman–Crippen LogP) is -8.38. The average molecular weight is 555 g/mol. The zero-order valence-corrected chi connectivity index (χ0v) is 25.4. The van der Waals surface area contributed by atoms with Crippen molar-refractivity contribution in [2.45, 2.75) is 41.7 Å². The maximum Gasteiger partial charge on any atom is 1.00 e. The van der Waals surface area contributed by atoms with Crippen molar-refractivity contribution >= 4 is 58.6 Å². The predicted molar refractivity (Wildman–Crippen MR) is 113 cm³/mol. The number of rotatable bonds is 9. The Kier molecular flexibility index (Phi) is 11.3. The van der Waals surface area contributed by atoms with Crippen molar-refractivity contribution in [3.63, 3.8) is 0 Å². The zero-order valence-electron chi connectivity index (χ0n) is 19.0. The van der Waals surface area contributed by atoms with Gasteiger partial charge in [-0.1, -0.05) is 17.8 Å². The molecule has 1 unspecified atom stereocenters. The van der Waals surface area contributed by atoms with Gasteiger partial charge in [0.15, 0.2) is 0 Å². The molecule has 0 saturated carbocycles. The molecule has 2 aliphatic rings. The van der Waals surface area contributed by atoms with Gasteiger partial charge in [0.2, 0.25) is 11.1 Å². The summed E-state index contributed by atoms with van der Waals surface area (Å²) in [5.41, 5.74) is 0.174. The summed E-state index contributed by atoms with van der Waals surface area (Å²) < 4.78 is 1.02. The van der Waals surface area contributed by atoms with Crippen LogP contribution in [0.2, 0.25) is 0 Å². The number of tetrazole rings is 1. The molecule has 35 heavy (non-hydrogen) atoms. The second kappa shape index (κ2) is 13.1. The van der Waals surface area contributed by atoms with E-state index >= 15 is 0 Å². The van der Waals surface area contributed by atoms with Crippen LogP contribution in [0.4, 0.5) is 0 Å². The maximum atomic E-state index is 12.8. The van der Waals surface area contributed by atoms with E-state index in [1.54, 1.807) is 6.92 Å². The fourth-order valence-electron chi connectivity index (χ4n) is 3.49. The van der Waals surface area contributed by atoms with Crippen molar-refractivity contribution in [3.05, 3.63) is 33.7 Å². The maximum absolute atomic E-state index is 12.8. The third-order valence-electron chi connectivity index (χ3n) is 4.98. The molecule has 2 aliphatic heterocycles. The number of hydrogen-bond donors (Lipinski definition) is 1. The zero-order chi connectivity index (χ0) is 23.7. The number of carboxylic acid groups (broad SMARTS) is 2. The number of hydrogen-bond acceptors (Lipinski definition) is 12. The van der Waals surface area contributed by atoms with Crippen molar-refractivity contribution in [2.75, 3.05) is 5.75 Å². The number of fused-ring (bicyclic) bond motifs is 1. The van der Waals surface area contributed by atoms with E-state index in [-0.39, 0.29) is 93.3 Å². The molecule has 1 fully saturated rings. The molecule has 4 rings (SSSR count). The second-order valence-corrected chi connectivity index (χ2v) is 10.6.